The molecule has 0 saturated carbocycles. The summed E-state index contributed by atoms with van der Waals surface area (Å²) in [4.78, 5) is 8.59. The summed E-state index contributed by atoms with van der Waals surface area (Å²) in [6, 6.07) is 19.6. The molecule has 1 aromatic heterocycles. The Kier molecular flexibility index (Phi) is 4.12. The van der Waals surface area contributed by atoms with Gasteiger partial charge in [0.15, 0.2) is 16.7 Å². The van der Waals surface area contributed by atoms with Gasteiger partial charge in [-0.25, -0.2) is 9.97 Å². The van der Waals surface area contributed by atoms with Crippen LogP contribution >= 0.6 is 11.6 Å². The molecule has 0 spiro atoms. The molecule has 4 heteroatoms. The second-order valence-corrected chi connectivity index (χ2v) is 4.85. The zero-order valence-corrected chi connectivity index (χ0v) is 12.0. The van der Waals surface area contributed by atoms with E-state index in [0.717, 1.165) is 11.1 Å². The highest BCUT2D eigenvalue weighted by molar-refractivity contribution is 6.30. The highest BCUT2D eigenvalue weighted by atomic mass is 35.5. The van der Waals surface area contributed by atoms with Gasteiger partial charge in [-0.3, -0.25) is 0 Å². The van der Waals surface area contributed by atoms with E-state index in [-0.39, 0.29) is 0 Å². The second-order valence-electron chi connectivity index (χ2n) is 4.49. The molecule has 2 aromatic carbocycles. The third-order valence-corrected chi connectivity index (χ3v) is 3.25. The van der Waals surface area contributed by atoms with Gasteiger partial charge in [-0.2, -0.15) is 0 Å². The molecule has 3 nitrogen and oxygen atoms in total. The first kappa shape index (κ1) is 13.6. The van der Waals surface area contributed by atoms with Gasteiger partial charge in [0, 0.05) is 5.56 Å². The number of halogens is 1. The summed E-state index contributed by atoms with van der Waals surface area (Å²) in [7, 11) is 0. The maximum absolute atomic E-state index is 6.17. The SMILES string of the molecule is Clc1nc(-c2ccccc2)ncc1OCc1ccccc1. The summed E-state index contributed by atoms with van der Waals surface area (Å²) in [5.41, 5.74) is 2.00. The van der Waals surface area contributed by atoms with Crippen LogP contribution in [0, 0.1) is 0 Å². The molecule has 0 unspecified atom stereocenters. The minimum absolute atomic E-state index is 0.319. The molecule has 21 heavy (non-hydrogen) atoms. The van der Waals surface area contributed by atoms with Gasteiger partial charge in [0.1, 0.15) is 6.61 Å². The van der Waals surface area contributed by atoms with Crippen molar-refractivity contribution in [1.82, 2.24) is 9.97 Å². The molecule has 104 valence electrons. The number of aromatic nitrogens is 2. The van der Waals surface area contributed by atoms with Crippen molar-refractivity contribution >= 4 is 11.6 Å². The van der Waals surface area contributed by atoms with Gasteiger partial charge in [0.25, 0.3) is 0 Å². The van der Waals surface area contributed by atoms with E-state index in [4.69, 9.17) is 16.3 Å². The number of ether oxygens (including phenoxy) is 1. The molecule has 0 radical (unpaired) electrons. The van der Waals surface area contributed by atoms with Crippen LogP contribution in [0.5, 0.6) is 5.75 Å². The molecule has 0 bridgehead atoms. The van der Waals surface area contributed by atoms with Crippen molar-refractivity contribution in [2.24, 2.45) is 0 Å². The Hall–Kier alpha value is -2.39. The van der Waals surface area contributed by atoms with Crippen LogP contribution < -0.4 is 4.74 Å². The first-order chi connectivity index (χ1) is 10.3. The lowest BCUT2D eigenvalue weighted by Crippen LogP contribution is -1.98. The van der Waals surface area contributed by atoms with E-state index in [1.165, 1.54) is 0 Å². The maximum Gasteiger partial charge on any atom is 0.175 e. The minimum Gasteiger partial charge on any atom is -0.484 e. The lowest BCUT2D eigenvalue weighted by atomic mass is 10.2. The molecule has 0 aliphatic rings. The van der Waals surface area contributed by atoms with Gasteiger partial charge in [0.05, 0.1) is 6.20 Å². The average molecular weight is 297 g/mol. The van der Waals surface area contributed by atoms with Crippen LogP contribution in [-0.4, -0.2) is 9.97 Å². The first-order valence-corrected chi connectivity index (χ1v) is 6.95. The molecule has 0 aliphatic heterocycles. The van der Waals surface area contributed by atoms with Crippen LogP contribution in [-0.2, 0) is 6.61 Å². The molecular formula is C17H13ClN2O. The quantitative estimate of drug-likeness (QED) is 0.670. The van der Waals surface area contributed by atoms with E-state index < -0.39 is 0 Å². The van der Waals surface area contributed by atoms with Crippen LogP contribution in [0.25, 0.3) is 11.4 Å². The smallest absolute Gasteiger partial charge is 0.175 e. The average Bonchev–Trinajstić information content (AvgIpc) is 2.55. The topological polar surface area (TPSA) is 35.0 Å². The first-order valence-electron chi connectivity index (χ1n) is 6.57. The highest BCUT2D eigenvalue weighted by Crippen LogP contribution is 2.25. The summed E-state index contributed by atoms with van der Waals surface area (Å²) in [5, 5.41) is 0.319. The largest absolute Gasteiger partial charge is 0.484 e. The molecule has 0 N–H and O–H groups in total. The lowest BCUT2D eigenvalue weighted by Gasteiger charge is -2.08. The Morgan fingerprint density at radius 3 is 2.24 bits per heavy atom. The molecular weight excluding hydrogens is 284 g/mol. The lowest BCUT2D eigenvalue weighted by molar-refractivity contribution is 0.304. The fraction of sp³-hybridized carbons (Fsp3) is 0.0588. The van der Waals surface area contributed by atoms with Crippen molar-refractivity contribution in [2.45, 2.75) is 6.61 Å². The zero-order valence-electron chi connectivity index (χ0n) is 11.2. The molecule has 0 saturated heterocycles. The molecule has 3 rings (SSSR count). The fourth-order valence-electron chi connectivity index (χ4n) is 1.91. The zero-order chi connectivity index (χ0) is 14.5. The van der Waals surface area contributed by atoms with Gasteiger partial charge >= 0.3 is 0 Å². The Bertz CT molecular complexity index is 717. The Morgan fingerprint density at radius 2 is 1.57 bits per heavy atom. The van der Waals surface area contributed by atoms with Gasteiger partial charge in [-0.05, 0) is 5.56 Å². The van der Waals surface area contributed by atoms with Gasteiger partial charge < -0.3 is 4.74 Å². The van der Waals surface area contributed by atoms with Crippen molar-refractivity contribution in [3.05, 3.63) is 77.6 Å². The molecule has 0 aliphatic carbocycles. The Balaban J connectivity index is 1.76. The van der Waals surface area contributed by atoms with Crippen LogP contribution in [0.4, 0.5) is 0 Å². The number of rotatable bonds is 4. The molecule has 0 atom stereocenters. The van der Waals surface area contributed by atoms with Crippen LogP contribution in [0.3, 0.4) is 0 Å². The third-order valence-electron chi connectivity index (χ3n) is 2.98. The van der Waals surface area contributed by atoms with Crippen LogP contribution in [0.2, 0.25) is 5.15 Å². The predicted octanol–water partition coefficient (Wildman–Crippen LogP) is 4.38. The van der Waals surface area contributed by atoms with E-state index in [9.17, 15) is 0 Å². The number of nitrogens with zero attached hydrogens (tertiary/aromatic N) is 2. The van der Waals surface area contributed by atoms with E-state index in [1.54, 1.807) is 6.20 Å². The van der Waals surface area contributed by atoms with Crippen molar-refractivity contribution in [3.8, 4) is 17.1 Å². The summed E-state index contributed by atoms with van der Waals surface area (Å²) >= 11 is 6.17. The summed E-state index contributed by atoms with van der Waals surface area (Å²) in [6.45, 7) is 0.439. The summed E-state index contributed by atoms with van der Waals surface area (Å²) < 4.78 is 5.66. The number of benzene rings is 2. The van der Waals surface area contributed by atoms with Gasteiger partial charge in [-0.1, -0.05) is 72.3 Å². The van der Waals surface area contributed by atoms with Crippen molar-refractivity contribution in [1.29, 1.82) is 0 Å². The standard InChI is InChI=1S/C17H13ClN2O/c18-16-15(21-12-13-7-3-1-4-8-13)11-19-17(20-16)14-9-5-2-6-10-14/h1-11H,12H2. The maximum atomic E-state index is 6.17. The summed E-state index contributed by atoms with van der Waals surface area (Å²) in [6.07, 6.45) is 1.61. The highest BCUT2D eigenvalue weighted by Gasteiger charge is 2.08. The van der Waals surface area contributed by atoms with Gasteiger partial charge in [0.2, 0.25) is 0 Å². The Labute approximate surface area is 128 Å². The number of hydrogen-bond acceptors (Lipinski definition) is 3. The monoisotopic (exact) mass is 296 g/mol. The number of hydrogen-bond donors (Lipinski definition) is 0. The molecule has 1 heterocycles. The Morgan fingerprint density at radius 1 is 0.905 bits per heavy atom. The fourth-order valence-corrected chi connectivity index (χ4v) is 2.09. The third kappa shape index (κ3) is 3.38. The van der Waals surface area contributed by atoms with Crippen molar-refractivity contribution in [2.75, 3.05) is 0 Å². The van der Waals surface area contributed by atoms with E-state index in [0.29, 0.717) is 23.3 Å². The van der Waals surface area contributed by atoms with Gasteiger partial charge in [-0.15, -0.1) is 0 Å². The molecule has 0 fully saturated rings. The predicted molar refractivity (Wildman–Crippen MR) is 83.3 cm³/mol. The minimum atomic E-state index is 0.319. The van der Waals surface area contributed by atoms with E-state index >= 15 is 0 Å². The summed E-state index contributed by atoms with van der Waals surface area (Å²) in [5.74, 6) is 1.08. The normalized spacial score (nSPS) is 10.3. The van der Waals surface area contributed by atoms with Crippen LogP contribution in [0.15, 0.2) is 66.9 Å². The molecule has 0 amide bonds. The van der Waals surface area contributed by atoms with Crippen molar-refractivity contribution in [3.63, 3.8) is 0 Å². The second kappa shape index (κ2) is 6.37. The van der Waals surface area contributed by atoms with E-state index in [2.05, 4.69) is 9.97 Å². The van der Waals surface area contributed by atoms with E-state index in [1.807, 2.05) is 60.7 Å². The molecule has 3 aromatic rings. The van der Waals surface area contributed by atoms with Crippen LogP contribution in [0.1, 0.15) is 5.56 Å². The van der Waals surface area contributed by atoms with Crippen molar-refractivity contribution < 1.29 is 4.74 Å².